The lowest BCUT2D eigenvalue weighted by atomic mass is 10.0. The van der Waals surface area contributed by atoms with E-state index >= 15 is 0 Å². The number of hydrogen-bond acceptors (Lipinski definition) is 2. The standard InChI is InChI=1S/C9H6BrNO/c10-6-1-2-8-7(5-6)9(12)3-4-11-8/h1-2,4-5H,3H2. The Morgan fingerprint density at radius 3 is 3.08 bits per heavy atom. The van der Waals surface area contributed by atoms with Crippen LogP contribution in [0.3, 0.4) is 0 Å². The molecule has 3 heteroatoms. The Hall–Kier alpha value is -0.960. The van der Waals surface area contributed by atoms with Gasteiger partial charge in [0.1, 0.15) is 0 Å². The van der Waals surface area contributed by atoms with Crippen LogP contribution < -0.4 is 0 Å². The van der Waals surface area contributed by atoms with Crippen molar-refractivity contribution in [3.05, 3.63) is 28.2 Å². The largest absolute Gasteiger partial charge is 0.294 e. The molecule has 1 aromatic carbocycles. The zero-order valence-electron chi connectivity index (χ0n) is 6.25. The van der Waals surface area contributed by atoms with Gasteiger partial charge in [-0.15, -0.1) is 0 Å². The van der Waals surface area contributed by atoms with E-state index in [9.17, 15) is 4.79 Å². The molecule has 0 aliphatic carbocycles. The average molecular weight is 224 g/mol. The van der Waals surface area contributed by atoms with Gasteiger partial charge in [0, 0.05) is 22.7 Å². The van der Waals surface area contributed by atoms with Gasteiger partial charge >= 0.3 is 0 Å². The van der Waals surface area contributed by atoms with Crippen LogP contribution in [0.2, 0.25) is 0 Å². The maximum Gasteiger partial charge on any atom is 0.170 e. The minimum Gasteiger partial charge on any atom is -0.294 e. The summed E-state index contributed by atoms with van der Waals surface area (Å²) in [7, 11) is 0. The van der Waals surface area contributed by atoms with Crippen LogP contribution in [-0.2, 0) is 0 Å². The summed E-state index contributed by atoms with van der Waals surface area (Å²) in [5.41, 5.74) is 1.49. The average Bonchev–Trinajstić information content (AvgIpc) is 2.07. The Kier molecular flexibility index (Phi) is 1.81. The van der Waals surface area contributed by atoms with Gasteiger partial charge in [0.05, 0.1) is 5.69 Å². The molecule has 2 nitrogen and oxygen atoms in total. The third kappa shape index (κ3) is 1.20. The Morgan fingerprint density at radius 2 is 2.25 bits per heavy atom. The summed E-state index contributed by atoms with van der Waals surface area (Å²) in [6.07, 6.45) is 2.07. The summed E-state index contributed by atoms with van der Waals surface area (Å²) < 4.78 is 0.923. The van der Waals surface area contributed by atoms with E-state index in [1.807, 2.05) is 18.2 Å². The Balaban J connectivity index is 2.63. The van der Waals surface area contributed by atoms with Crippen molar-refractivity contribution in [1.82, 2.24) is 0 Å². The lowest BCUT2D eigenvalue weighted by Crippen LogP contribution is -2.04. The summed E-state index contributed by atoms with van der Waals surface area (Å²) in [4.78, 5) is 15.4. The van der Waals surface area contributed by atoms with Crippen molar-refractivity contribution in [2.45, 2.75) is 6.42 Å². The van der Waals surface area contributed by atoms with Gasteiger partial charge < -0.3 is 0 Å². The quantitative estimate of drug-likeness (QED) is 0.666. The lowest BCUT2D eigenvalue weighted by molar-refractivity contribution is 0.100. The van der Waals surface area contributed by atoms with Crippen molar-refractivity contribution in [2.75, 3.05) is 0 Å². The van der Waals surface area contributed by atoms with E-state index in [1.165, 1.54) is 0 Å². The molecule has 0 saturated carbocycles. The number of benzene rings is 1. The van der Waals surface area contributed by atoms with Crippen molar-refractivity contribution in [2.24, 2.45) is 4.99 Å². The second-order valence-corrected chi connectivity index (χ2v) is 3.52. The van der Waals surface area contributed by atoms with Crippen LogP contribution in [0.25, 0.3) is 0 Å². The molecule has 12 heavy (non-hydrogen) atoms. The first-order valence-electron chi connectivity index (χ1n) is 3.62. The van der Waals surface area contributed by atoms with E-state index in [0.29, 0.717) is 12.0 Å². The summed E-state index contributed by atoms with van der Waals surface area (Å²) in [6.45, 7) is 0. The highest BCUT2D eigenvalue weighted by Crippen LogP contribution is 2.26. The van der Waals surface area contributed by atoms with Gasteiger partial charge in [-0.1, -0.05) is 15.9 Å². The first kappa shape index (κ1) is 7.68. The Labute approximate surface area is 78.4 Å². The number of hydrogen-bond donors (Lipinski definition) is 0. The SMILES string of the molecule is O=C1CC=Nc2ccc(Br)cc21. The molecule has 1 aliphatic rings. The van der Waals surface area contributed by atoms with Crippen molar-refractivity contribution in [1.29, 1.82) is 0 Å². The molecule has 1 aromatic rings. The van der Waals surface area contributed by atoms with Crippen molar-refractivity contribution in [3.63, 3.8) is 0 Å². The highest BCUT2D eigenvalue weighted by molar-refractivity contribution is 9.10. The van der Waals surface area contributed by atoms with E-state index in [0.717, 1.165) is 10.2 Å². The number of halogens is 1. The fourth-order valence-corrected chi connectivity index (χ4v) is 1.54. The van der Waals surface area contributed by atoms with Gasteiger partial charge in [0.2, 0.25) is 0 Å². The highest BCUT2D eigenvalue weighted by atomic mass is 79.9. The number of carbonyl (C=O) groups excluding carboxylic acids is 1. The maximum absolute atomic E-state index is 11.3. The van der Waals surface area contributed by atoms with Crippen LogP contribution in [0.4, 0.5) is 5.69 Å². The Bertz CT molecular complexity index is 371. The smallest absolute Gasteiger partial charge is 0.170 e. The summed E-state index contributed by atoms with van der Waals surface area (Å²) in [6, 6.07) is 5.54. The third-order valence-corrected chi connectivity index (χ3v) is 2.26. The van der Waals surface area contributed by atoms with Gasteiger partial charge in [-0.3, -0.25) is 9.79 Å². The number of Topliss-reactive ketones (excluding diaryl/α,β-unsaturated/α-hetero) is 1. The van der Waals surface area contributed by atoms with E-state index < -0.39 is 0 Å². The number of fused-ring (bicyclic) bond motifs is 1. The van der Waals surface area contributed by atoms with E-state index in [2.05, 4.69) is 20.9 Å². The van der Waals surface area contributed by atoms with E-state index in [4.69, 9.17) is 0 Å². The molecule has 0 radical (unpaired) electrons. The van der Waals surface area contributed by atoms with Crippen LogP contribution in [0, 0.1) is 0 Å². The second kappa shape index (κ2) is 2.83. The molecule has 0 saturated heterocycles. The van der Waals surface area contributed by atoms with Crippen LogP contribution in [0.1, 0.15) is 16.8 Å². The highest BCUT2D eigenvalue weighted by Gasteiger charge is 2.13. The van der Waals surface area contributed by atoms with Crippen molar-refractivity contribution >= 4 is 33.6 Å². The van der Waals surface area contributed by atoms with Crippen LogP contribution >= 0.6 is 15.9 Å². The predicted octanol–water partition coefficient (Wildman–Crippen LogP) is 2.74. The number of ketones is 1. The topological polar surface area (TPSA) is 29.4 Å². The summed E-state index contributed by atoms with van der Waals surface area (Å²) in [5, 5.41) is 0. The maximum atomic E-state index is 11.3. The fourth-order valence-electron chi connectivity index (χ4n) is 1.18. The van der Waals surface area contributed by atoms with Gasteiger partial charge in [-0.05, 0) is 18.2 Å². The monoisotopic (exact) mass is 223 g/mol. The first-order chi connectivity index (χ1) is 5.77. The molecule has 0 N–H and O–H groups in total. The third-order valence-electron chi connectivity index (χ3n) is 1.77. The van der Waals surface area contributed by atoms with Crippen molar-refractivity contribution < 1.29 is 4.79 Å². The van der Waals surface area contributed by atoms with Crippen LogP contribution in [0.5, 0.6) is 0 Å². The normalized spacial score (nSPS) is 14.6. The second-order valence-electron chi connectivity index (χ2n) is 2.60. The Morgan fingerprint density at radius 1 is 1.42 bits per heavy atom. The molecule has 0 fully saturated rings. The van der Waals surface area contributed by atoms with Gasteiger partial charge in [-0.25, -0.2) is 0 Å². The van der Waals surface area contributed by atoms with E-state index in [1.54, 1.807) is 6.21 Å². The molecular formula is C9H6BrNO. The molecule has 0 spiro atoms. The molecule has 0 unspecified atom stereocenters. The summed E-state index contributed by atoms with van der Waals surface area (Å²) in [5.74, 6) is 0.140. The number of rotatable bonds is 0. The molecule has 1 aliphatic heterocycles. The minimum atomic E-state index is 0.140. The molecule has 0 aromatic heterocycles. The zero-order chi connectivity index (χ0) is 8.55. The van der Waals surface area contributed by atoms with Gasteiger partial charge in [0.25, 0.3) is 0 Å². The van der Waals surface area contributed by atoms with E-state index in [-0.39, 0.29) is 5.78 Å². The summed E-state index contributed by atoms with van der Waals surface area (Å²) >= 11 is 3.31. The van der Waals surface area contributed by atoms with Gasteiger partial charge in [0.15, 0.2) is 5.78 Å². The van der Waals surface area contributed by atoms with Crippen LogP contribution in [0.15, 0.2) is 27.7 Å². The fraction of sp³-hybridized carbons (Fsp3) is 0.111. The molecule has 2 rings (SSSR count). The molecule has 0 bridgehead atoms. The van der Waals surface area contributed by atoms with Gasteiger partial charge in [-0.2, -0.15) is 0 Å². The number of nitrogens with zero attached hydrogens (tertiary/aromatic N) is 1. The number of aliphatic imine (C=N–C) groups is 1. The molecular weight excluding hydrogens is 218 g/mol. The predicted molar refractivity (Wildman–Crippen MR) is 51.2 cm³/mol. The van der Waals surface area contributed by atoms with Crippen molar-refractivity contribution in [3.8, 4) is 0 Å². The molecule has 0 amide bonds. The van der Waals surface area contributed by atoms with Crippen LogP contribution in [-0.4, -0.2) is 12.0 Å². The molecule has 0 atom stereocenters. The first-order valence-corrected chi connectivity index (χ1v) is 4.42. The lowest BCUT2D eigenvalue weighted by Gasteiger charge is -2.07. The zero-order valence-corrected chi connectivity index (χ0v) is 7.84. The molecule has 60 valence electrons. The molecule has 1 heterocycles. The number of carbonyl (C=O) groups is 1. The minimum absolute atomic E-state index is 0.140.